The Morgan fingerprint density at radius 3 is 2.60 bits per heavy atom. The van der Waals surface area contributed by atoms with Gasteiger partial charge in [0, 0.05) is 24.2 Å². The minimum absolute atomic E-state index is 0.193. The van der Waals surface area contributed by atoms with Crippen LogP contribution in [0.1, 0.15) is 50.7 Å². The molecule has 20 heavy (non-hydrogen) atoms. The maximum absolute atomic E-state index is 10.8. The van der Waals surface area contributed by atoms with E-state index in [-0.39, 0.29) is 5.41 Å². The van der Waals surface area contributed by atoms with Crippen LogP contribution in [0.25, 0.3) is 0 Å². The number of nitrogens with zero attached hydrogens (tertiary/aromatic N) is 1. The van der Waals surface area contributed by atoms with Gasteiger partial charge in [0.2, 0.25) is 5.88 Å². The maximum Gasteiger partial charge on any atom is 0.212 e. The number of hydrogen-bond acceptors (Lipinski definition) is 4. The third-order valence-corrected chi connectivity index (χ3v) is 4.95. The number of nitrogens with two attached hydrogens (primary N) is 1. The third-order valence-electron chi connectivity index (χ3n) is 4.95. The molecule has 112 valence electrons. The average molecular weight is 278 g/mol. The van der Waals surface area contributed by atoms with Crippen molar-refractivity contribution in [3.8, 4) is 5.88 Å². The van der Waals surface area contributed by atoms with Crippen molar-refractivity contribution in [1.29, 1.82) is 0 Å². The van der Waals surface area contributed by atoms with Crippen LogP contribution in [0.4, 0.5) is 0 Å². The Hall–Kier alpha value is -1.13. The summed E-state index contributed by atoms with van der Waals surface area (Å²) in [6, 6.07) is 3.68. The molecule has 0 amide bonds. The lowest BCUT2D eigenvalue weighted by Crippen LogP contribution is -2.40. The number of ether oxygens (including phenoxy) is 1. The highest BCUT2D eigenvalue weighted by atomic mass is 16.5. The molecule has 4 nitrogen and oxygen atoms in total. The van der Waals surface area contributed by atoms with E-state index in [4.69, 9.17) is 10.5 Å². The molecule has 1 aromatic rings. The van der Waals surface area contributed by atoms with Crippen LogP contribution in [0.15, 0.2) is 18.3 Å². The van der Waals surface area contributed by atoms with E-state index in [1.807, 2.05) is 6.07 Å². The third kappa shape index (κ3) is 2.96. The van der Waals surface area contributed by atoms with Crippen molar-refractivity contribution in [2.24, 2.45) is 17.1 Å². The van der Waals surface area contributed by atoms with Crippen LogP contribution >= 0.6 is 0 Å². The molecular weight excluding hydrogens is 252 g/mol. The van der Waals surface area contributed by atoms with Crippen LogP contribution in [0.5, 0.6) is 5.88 Å². The topological polar surface area (TPSA) is 68.4 Å². The van der Waals surface area contributed by atoms with Gasteiger partial charge in [0.25, 0.3) is 0 Å². The van der Waals surface area contributed by atoms with Gasteiger partial charge in [-0.3, -0.25) is 0 Å². The van der Waals surface area contributed by atoms with Crippen molar-refractivity contribution in [2.75, 3.05) is 13.7 Å². The summed E-state index contributed by atoms with van der Waals surface area (Å²) in [5.74, 6) is 1.35. The van der Waals surface area contributed by atoms with E-state index in [0.29, 0.717) is 12.4 Å². The van der Waals surface area contributed by atoms with Gasteiger partial charge in [-0.2, -0.15) is 0 Å². The molecule has 0 radical (unpaired) electrons. The molecule has 1 aromatic heterocycles. The van der Waals surface area contributed by atoms with Gasteiger partial charge in [-0.1, -0.05) is 13.3 Å². The van der Waals surface area contributed by atoms with Crippen LogP contribution in [0, 0.1) is 11.3 Å². The quantitative estimate of drug-likeness (QED) is 0.869. The summed E-state index contributed by atoms with van der Waals surface area (Å²) < 4.78 is 5.06. The average Bonchev–Trinajstić information content (AvgIpc) is 2.54. The number of aromatic nitrogens is 1. The summed E-state index contributed by atoms with van der Waals surface area (Å²) in [6.45, 7) is 2.76. The molecule has 0 aromatic carbocycles. The van der Waals surface area contributed by atoms with Crippen molar-refractivity contribution in [3.05, 3.63) is 23.9 Å². The second-order valence-corrected chi connectivity index (χ2v) is 5.95. The summed E-state index contributed by atoms with van der Waals surface area (Å²) in [5, 5.41) is 10.8. The van der Waals surface area contributed by atoms with Crippen LogP contribution < -0.4 is 10.5 Å². The number of hydrogen-bond donors (Lipinski definition) is 2. The molecule has 1 fully saturated rings. The Morgan fingerprint density at radius 1 is 1.45 bits per heavy atom. The fourth-order valence-electron chi connectivity index (χ4n) is 3.28. The molecular formula is C16H26N2O2. The van der Waals surface area contributed by atoms with E-state index in [0.717, 1.165) is 37.2 Å². The molecule has 1 aliphatic rings. The number of aliphatic hydroxyl groups is 1. The van der Waals surface area contributed by atoms with E-state index in [9.17, 15) is 5.11 Å². The van der Waals surface area contributed by atoms with Gasteiger partial charge in [-0.25, -0.2) is 4.98 Å². The first-order chi connectivity index (χ1) is 9.65. The Morgan fingerprint density at radius 2 is 2.15 bits per heavy atom. The molecule has 1 heterocycles. The predicted molar refractivity (Wildman–Crippen MR) is 79.5 cm³/mol. The lowest BCUT2D eigenvalue weighted by molar-refractivity contribution is -0.0105. The monoisotopic (exact) mass is 278 g/mol. The Labute approximate surface area is 121 Å². The van der Waals surface area contributed by atoms with Crippen molar-refractivity contribution >= 4 is 0 Å². The van der Waals surface area contributed by atoms with E-state index in [1.165, 1.54) is 6.42 Å². The van der Waals surface area contributed by atoms with Gasteiger partial charge in [0.15, 0.2) is 0 Å². The first-order valence-electron chi connectivity index (χ1n) is 7.53. The van der Waals surface area contributed by atoms with E-state index < -0.39 is 6.10 Å². The highest BCUT2D eigenvalue weighted by molar-refractivity contribution is 5.22. The second-order valence-electron chi connectivity index (χ2n) is 5.95. The van der Waals surface area contributed by atoms with Gasteiger partial charge >= 0.3 is 0 Å². The number of methoxy groups -OCH3 is 1. The largest absolute Gasteiger partial charge is 0.481 e. The van der Waals surface area contributed by atoms with Gasteiger partial charge in [-0.05, 0) is 43.2 Å². The number of rotatable bonds is 5. The molecule has 1 atom stereocenters. The zero-order valence-electron chi connectivity index (χ0n) is 12.5. The summed E-state index contributed by atoms with van der Waals surface area (Å²) in [5.41, 5.74) is 6.66. The molecule has 0 spiro atoms. The number of aliphatic hydroxyl groups excluding tert-OH is 1. The first kappa shape index (κ1) is 15.3. The van der Waals surface area contributed by atoms with Crippen molar-refractivity contribution in [1.82, 2.24) is 4.98 Å². The highest BCUT2D eigenvalue weighted by Crippen LogP contribution is 2.47. The summed E-state index contributed by atoms with van der Waals surface area (Å²) in [6.07, 6.45) is 6.70. The zero-order valence-corrected chi connectivity index (χ0v) is 12.5. The van der Waals surface area contributed by atoms with Crippen LogP contribution in [0.3, 0.4) is 0 Å². The van der Waals surface area contributed by atoms with Gasteiger partial charge in [0.05, 0.1) is 13.2 Å². The summed E-state index contributed by atoms with van der Waals surface area (Å²) in [7, 11) is 1.59. The predicted octanol–water partition coefficient (Wildman–Crippen LogP) is 2.67. The SMILES string of the molecule is CCC1CCC(CN)(C(O)c2ccc(OC)nc2)CC1. The zero-order chi connectivity index (χ0) is 14.6. The number of pyridine rings is 1. The second kappa shape index (κ2) is 6.55. The fraction of sp³-hybridized carbons (Fsp3) is 0.688. The molecule has 0 aliphatic heterocycles. The molecule has 0 saturated heterocycles. The lowest BCUT2D eigenvalue weighted by atomic mass is 9.65. The summed E-state index contributed by atoms with van der Waals surface area (Å²) >= 11 is 0. The first-order valence-corrected chi connectivity index (χ1v) is 7.53. The Kier molecular flexibility index (Phi) is 5.00. The molecule has 0 bridgehead atoms. The van der Waals surface area contributed by atoms with Gasteiger partial charge < -0.3 is 15.6 Å². The molecule has 1 saturated carbocycles. The van der Waals surface area contributed by atoms with Gasteiger partial charge in [0.1, 0.15) is 0 Å². The summed E-state index contributed by atoms with van der Waals surface area (Å²) in [4.78, 5) is 4.19. The van der Waals surface area contributed by atoms with Crippen LogP contribution in [-0.2, 0) is 0 Å². The molecule has 2 rings (SSSR count). The van der Waals surface area contributed by atoms with Crippen molar-refractivity contribution in [3.63, 3.8) is 0 Å². The minimum atomic E-state index is -0.538. The van der Waals surface area contributed by atoms with Crippen LogP contribution in [0.2, 0.25) is 0 Å². The maximum atomic E-state index is 10.8. The van der Waals surface area contributed by atoms with E-state index in [1.54, 1.807) is 19.4 Å². The normalized spacial score (nSPS) is 28.1. The van der Waals surface area contributed by atoms with Crippen molar-refractivity contribution in [2.45, 2.75) is 45.1 Å². The molecule has 4 heteroatoms. The minimum Gasteiger partial charge on any atom is -0.481 e. The molecule has 1 unspecified atom stereocenters. The van der Waals surface area contributed by atoms with Gasteiger partial charge in [-0.15, -0.1) is 0 Å². The van der Waals surface area contributed by atoms with Crippen LogP contribution in [-0.4, -0.2) is 23.7 Å². The lowest BCUT2D eigenvalue weighted by Gasteiger charge is -2.42. The standard InChI is InChI=1S/C16H26N2O2/c1-3-12-6-8-16(11-17,9-7-12)15(19)13-4-5-14(20-2)18-10-13/h4-5,10,12,15,19H,3,6-9,11,17H2,1-2H3. The van der Waals surface area contributed by atoms with Crippen molar-refractivity contribution < 1.29 is 9.84 Å². The Balaban J connectivity index is 2.13. The Bertz CT molecular complexity index is 411. The van der Waals surface area contributed by atoms with E-state index >= 15 is 0 Å². The molecule has 3 N–H and O–H groups in total. The molecule has 1 aliphatic carbocycles. The fourth-order valence-corrected chi connectivity index (χ4v) is 3.28. The smallest absolute Gasteiger partial charge is 0.212 e. The van der Waals surface area contributed by atoms with E-state index in [2.05, 4.69) is 11.9 Å². The highest BCUT2D eigenvalue weighted by Gasteiger charge is 2.40.